The number of halogens is 1. The quantitative estimate of drug-likeness (QED) is 0.778. The zero-order chi connectivity index (χ0) is 17.4. The molecule has 0 saturated carbocycles. The highest BCUT2D eigenvalue weighted by Gasteiger charge is 2.41. The minimum atomic E-state index is -3.57. The zero-order valence-electron chi connectivity index (χ0n) is 13.4. The van der Waals surface area contributed by atoms with E-state index in [-0.39, 0.29) is 10.8 Å². The van der Waals surface area contributed by atoms with Gasteiger partial charge in [0.05, 0.1) is 4.34 Å². The van der Waals surface area contributed by atoms with Gasteiger partial charge < -0.3 is 9.26 Å². The van der Waals surface area contributed by atoms with Crippen LogP contribution in [0, 0.1) is 0 Å². The van der Waals surface area contributed by atoms with Crippen LogP contribution in [0.5, 0.6) is 0 Å². The Bertz CT molecular complexity index is 820. The van der Waals surface area contributed by atoms with Gasteiger partial charge in [-0.25, -0.2) is 8.42 Å². The average Bonchev–Trinajstić information content (AvgIpc) is 3.17. The van der Waals surface area contributed by atoms with Gasteiger partial charge in [0, 0.05) is 25.6 Å². The molecule has 2 aromatic heterocycles. The maximum Gasteiger partial charge on any atom is 0.252 e. The van der Waals surface area contributed by atoms with Gasteiger partial charge in [-0.15, -0.1) is 11.3 Å². The molecule has 10 heteroatoms. The van der Waals surface area contributed by atoms with E-state index in [1.807, 2.05) is 6.92 Å². The number of methoxy groups -OCH3 is 1. The number of hydrogen-bond acceptors (Lipinski definition) is 7. The van der Waals surface area contributed by atoms with Crippen molar-refractivity contribution in [2.75, 3.05) is 20.2 Å². The Kier molecular flexibility index (Phi) is 4.99. The molecule has 2 aromatic rings. The van der Waals surface area contributed by atoms with Gasteiger partial charge in [0.15, 0.2) is 5.82 Å². The van der Waals surface area contributed by atoms with Gasteiger partial charge in [-0.05, 0) is 25.0 Å². The van der Waals surface area contributed by atoms with Crippen LogP contribution in [0.1, 0.15) is 31.5 Å². The van der Waals surface area contributed by atoms with Crippen molar-refractivity contribution in [1.29, 1.82) is 0 Å². The third-order valence-corrected chi connectivity index (χ3v) is 7.62. The lowest BCUT2D eigenvalue weighted by atomic mass is 9.82. The van der Waals surface area contributed by atoms with Crippen LogP contribution < -0.4 is 0 Å². The summed E-state index contributed by atoms with van der Waals surface area (Å²) in [4.78, 5) is 4.35. The fraction of sp³-hybridized carbons (Fsp3) is 0.571. The molecule has 1 atom stereocenters. The van der Waals surface area contributed by atoms with Crippen LogP contribution in [-0.2, 0) is 26.8 Å². The van der Waals surface area contributed by atoms with Crippen LogP contribution in [0.15, 0.2) is 20.9 Å². The van der Waals surface area contributed by atoms with E-state index >= 15 is 0 Å². The highest BCUT2D eigenvalue weighted by atomic mass is 35.5. The monoisotopic (exact) mass is 391 g/mol. The maximum atomic E-state index is 12.8. The highest BCUT2D eigenvalue weighted by Crippen LogP contribution is 2.36. The summed E-state index contributed by atoms with van der Waals surface area (Å²) in [6.07, 6.45) is 1.51. The first kappa shape index (κ1) is 17.8. The van der Waals surface area contributed by atoms with Crippen LogP contribution in [0.2, 0.25) is 4.34 Å². The first-order valence-corrected chi connectivity index (χ1v) is 10.1. The number of thiophene rings is 1. The van der Waals surface area contributed by atoms with Crippen molar-refractivity contribution < 1.29 is 17.7 Å². The Morgan fingerprint density at radius 1 is 1.50 bits per heavy atom. The molecular formula is C14H18ClN3O4S2. The molecule has 1 aliphatic rings. The molecule has 0 aromatic carbocycles. The van der Waals surface area contributed by atoms with E-state index in [2.05, 4.69) is 10.1 Å². The first-order chi connectivity index (χ1) is 11.3. The smallest absolute Gasteiger partial charge is 0.252 e. The van der Waals surface area contributed by atoms with Crippen LogP contribution in [0.4, 0.5) is 0 Å². The molecule has 0 aliphatic carbocycles. The Hall–Kier alpha value is -1.00. The van der Waals surface area contributed by atoms with Gasteiger partial charge in [-0.3, -0.25) is 0 Å². The molecule has 0 bridgehead atoms. The fourth-order valence-electron chi connectivity index (χ4n) is 2.83. The molecular weight excluding hydrogens is 374 g/mol. The third-order valence-electron chi connectivity index (χ3n) is 4.08. The SMILES string of the molecule is COCc1nc(C2(C)CCCN(S(=O)(=O)c3ccc(Cl)s3)C2)no1. The molecule has 132 valence electrons. The summed E-state index contributed by atoms with van der Waals surface area (Å²) in [5.41, 5.74) is -0.498. The number of aromatic nitrogens is 2. The van der Waals surface area contributed by atoms with E-state index in [4.69, 9.17) is 20.9 Å². The molecule has 7 nitrogen and oxygen atoms in total. The highest BCUT2D eigenvalue weighted by molar-refractivity contribution is 7.91. The minimum absolute atomic E-state index is 0.235. The minimum Gasteiger partial charge on any atom is -0.375 e. The van der Waals surface area contributed by atoms with E-state index < -0.39 is 15.4 Å². The molecule has 0 spiro atoms. The topological polar surface area (TPSA) is 85.5 Å². The van der Waals surface area contributed by atoms with E-state index in [9.17, 15) is 8.42 Å². The Labute approximate surface area is 149 Å². The average molecular weight is 392 g/mol. The summed E-state index contributed by atoms with van der Waals surface area (Å²) in [6.45, 7) is 2.96. The number of ether oxygens (including phenoxy) is 1. The molecule has 3 heterocycles. The van der Waals surface area contributed by atoms with Crippen molar-refractivity contribution in [3.63, 3.8) is 0 Å². The summed E-state index contributed by atoms with van der Waals surface area (Å²) in [7, 11) is -2.02. The van der Waals surface area contributed by atoms with E-state index in [0.717, 1.165) is 24.2 Å². The van der Waals surface area contributed by atoms with Crippen molar-refractivity contribution in [3.8, 4) is 0 Å². The van der Waals surface area contributed by atoms with Crippen molar-refractivity contribution in [2.24, 2.45) is 0 Å². The Balaban J connectivity index is 1.85. The molecule has 1 saturated heterocycles. The van der Waals surface area contributed by atoms with Crippen molar-refractivity contribution >= 4 is 33.0 Å². The second-order valence-electron chi connectivity index (χ2n) is 6.01. The summed E-state index contributed by atoms with van der Waals surface area (Å²) >= 11 is 6.95. The van der Waals surface area contributed by atoms with E-state index in [0.29, 0.717) is 29.1 Å². The van der Waals surface area contributed by atoms with Crippen LogP contribution in [0.3, 0.4) is 0 Å². The van der Waals surface area contributed by atoms with Crippen molar-refractivity contribution in [3.05, 3.63) is 28.2 Å². The molecule has 0 amide bonds. The van der Waals surface area contributed by atoms with Gasteiger partial charge in [0.1, 0.15) is 10.8 Å². The van der Waals surface area contributed by atoms with Crippen LogP contribution in [0.25, 0.3) is 0 Å². The van der Waals surface area contributed by atoms with Gasteiger partial charge in [0.25, 0.3) is 15.9 Å². The molecule has 0 radical (unpaired) electrons. The maximum absolute atomic E-state index is 12.8. The third kappa shape index (κ3) is 3.36. The largest absolute Gasteiger partial charge is 0.375 e. The summed E-state index contributed by atoms with van der Waals surface area (Å²) in [5, 5.41) is 4.02. The standard InChI is InChI=1S/C14H18ClN3O4S2/c1-14(13-16-11(8-21-2)22-17-13)6-3-7-18(9-14)24(19,20)12-5-4-10(15)23-12/h4-5H,3,6-9H2,1-2H3. The van der Waals surface area contributed by atoms with Crippen LogP contribution in [-0.4, -0.2) is 43.1 Å². The molecule has 24 heavy (non-hydrogen) atoms. The predicted octanol–water partition coefficient (Wildman–Crippen LogP) is 2.67. The van der Waals surface area contributed by atoms with Gasteiger partial charge in [-0.1, -0.05) is 23.7 Å². The molecule has 0 N–H and O–H groups in total. The lowest BCUT2D eigenvalue weighted by molar-refractivity contribution is 0.151. The molecule has 1 aliphatic heterocycles. The lowest BCUT2D eigenvalue weighted by Crippen LogP contribution is -2.47. The van der Waals surface area contributed by atoms with Gasteiger partial charge in [-0.2, -0.15) is 9.29 Å². The first-order valence-electron chi connectivity index (χ1n) is 7.43. The summed E-state index contributed by atoms with van der Waals surface area (Å²) in [6, 6.07) is 3.14. The van der Waals surface area contributed by atoms with Gasteiger partial charge in [0.2, 0.25) is 0 Å². The fourth-order valence-corrected chi connectivity index (χ4v) is 6.07. The number of nitrogens with zero attached hydrogens (tertiary/aromatic N) is 3. The number of sulfonamides is 1. The predicted molar refractivity (Wildman–Crippen MR) is 89.7 cm³/mol. The van der Waals surface area contributed by atoms with E-state index in [1.54, 1.807) is 19.2 Å². The molecule has 1 fully saturated rings. The second-order valence-corrected chi connectivity index (χ2v) is 9.89. The second kappa shape index (κ2) is 6.72. The van der Waals surface area contributed by atoms with E-state index in [1.165, 1.54) is 4.31 Å². The number of hydrogen-bond donors (Lipinski definition) is 0. The number of rotatable bonds is 5. The normalized spacial score (nSPS) is 22.8. The van der Waals surface area contributed by atoms with Crippen molar-refractivity contribution in [2.45, 2.75) is 36.0 Å². The Morgan fingerprint density at radius 3 is 2.96 bits per heavy atom. The lowest BCUT2D eigenvalue weighted by Gasteiger charge is -2.37. The number of piperidine rings is 1. The van der Waals surface area contributed by atoms with Gasteiger partial charge >= 0.3 is 0 Å². The Morgan fingerprint density at radius 2 is 2.29 bits per heavy atom. The molecule has 1 unspecified atom stereocenters. The van der Waals surface area contributed by atoms with Crippen LogP contribution >= 0.6 is 22.9 Å². The zero-order valence-corrected chi connectivity index (χ0v) is 15.7. The summed E-state index contributed by atoms with van der Waals surface area (Å²) in [5.74, 6) is 0.900. The molecule has 3 rings (SSSR count). The van der Waals surface area contributed by atoms with Crippen molar-refractivity contribution in [1.82, 2.24) is 14.4 Å². The summed E-state index contributed by atoms with van der Waals surface area (Å²) < 4.78 is 38.0.